The van der Waals surface area contributed by atoms with Crippen LogP contribution in [0.5, 0.6) is 0 Å². The molecule has 0 N–H and O–H groups in total. The van der Waals surface area contributed by atoms with Gasteiger partial charge in [0.1, 0.15) is 0 Å². The minimum Gasteiger partial charge on any atom is -0.391 e. The maximum absolute atomic E-state index is 5.77. The van der Waals surface area contributed by atoms with Crippen LogP contribution in [0.4, 0.5) is 0 Å². The second-order valence-corrected chi connectivity index (χ2v) is 11.7. The summed E-state index contributed by atoms with van der Waals surface area (Å²) in [6.45, 7) is 7.52. The van der Waals surface area contributed by atoms with Crippen LogP contribution in [0.1, 0.15) is 13.8 Å². The number of rotatable bonds is 9. The summed E-state index contributed by atoms with van der Waals surface area (Å²) in [4.78, 5) is 0. The highest BCUT2D eigenvalue weighted by atomic mass is 28.4. The van der Waals surface area contributed by atoms with Crippen molar-refractivity contribution in [3.63, 3.8) is 0 Å². The molecule has 0 heterocycles. The smallest absolute Gasteiger partial charge is 0.391 e. The van der Waals surface area contributed by atoms with Gasteiger partial charge in [0.2, 0.25) is 0 Å². The van der Waals surface area contributed by atoms with E-state index in [0.717, 1.165) is 5.19 Å². The van der Waals surface area contributed by atoms with Crippen molar-refractivity contribution in [2.45, 2.75) is 20.4 Å². The molecule has 0 atom stereocenters. The summed E-state index contributed by atoms with van der Waals surface area (Å²) in [6, 6.07) is 19.9. The highest BCUT2D eigenvalue weighted by Gasteiger charge is 2.40. The monoisotopic (exact) mass is 408 g/mol. The molecule has 27 heavy (non-hydrogen) atoms. The van der Waals surface area contributed by atoms with Crippen LogP contribution in [0.2, 0.25) is 6.55 Å². The van der Waals surface area contributed by atoms with Crippen molar-refractivity contribution in [1.82, 2.24) is 0 Å². The van der Waals surface area contributed by atoms with E-state index in [1.165, 1.54) is 5.19 Å². The number of benzene rings is 2. The zero-order chi connectivity index (χ0) is 20.2. The molecular formula is C20H32O5Si2. The van der Waals surface area contributed by atoms with E-state index in [1.807, 2.05) is 62.4 Å². The van der Waals surface area contributed by atoms with Crippen LogP contribution in [0.15, 0.2) is 60.7 Å². The van der Waals surface area contributed by atoms with E-state index in [0.29, 0.717) is 13.2 Å². The number of hydrogen-bond donors (Lipinski definition) is 0. The lowest BCUT2D eigenvalue weighted by Gasteiger charge is -2.26. The van der Waals surface area contributed by atoms with E-state index in [-0.39, 0.29) is 0 Å². The van der Waals surface area contributed by atoms with E-state index in [9.17, 15) is 0 Å². The average Bonchev–Trinajstić information content (AvgIpc) is 2.72. The summed E-state index contributed by atoms with van der Waals surface area (Å²) in [5.74, 6) is 0. The molecule has 0 unspecified atom stereocenters. The lowest BCUT2D eigenvalue weighted by Crippen LogP contribution is -2.54. The van der Waals surface area contributed by atoms with Crippen LogP contribution in [-0.2, 0) is 22.1 Å². The van der Waals surface area contributed by atoms with Crippen molar-refractivity contribution < 1.29 is 22.1 Å². The standard InChI is InChI=1S/C11H18O2Si.C9H14O3Si/c1-4-12-14(3,13-5-2)11-9-7-6-8-10-11;1-10-13(11-2,12-3)9-7-5-4-6-8-9/h6-10H,4-5H2,1-3H3;4-8H,1-3H3. The fraction of sp³-hybridized carbons (Fsp3) is 0.400. The molecule has 0 saturated carbocycles. The lowest BCUT2D eigenvalue weighted by atomic mass is 10.4. The fourth-order valence-corrected chi connectivity index (χ4v) is 6.87. The van der Waals surface area contributed by atoms with Gasteiger partial charge in [0.25, 0.3) is 0 Å². The summed E-state index contributed by atoms with van der Waals surface area (Å²) in [5.41, 5.74) is 0. The third-order valence-corrected chi connectivity index (χ3v) is 9.79. The second-order valence-electron chi connectivity index (χ2n) is 5.71. The molecule has 0 amide bonds. The molecule has 0 spiro atoms. The summed E-state index contributed by atoms with van der Waals surface area (Å²) < 4.78 is 27.5. The van der Waals surface area contributed by atoms with Gasteiger partial charge in [-0.3, -0.25) is 0 Å². The first-order valence-corrected chi connectivity index (χ1v) is 13.1. The van der Waals surface area contributed by atoms with Crippen molar-refractivity contribution in [3.8, 4) is 0 Å². The molecule has 2 aromatic rings. The van der Waals surface area contributed by atoms with Gasteiger partial charge in [0.15, 0.2) is 0 Å². The van der Waals surface area contributed by atoms with Crippen molar-refractivity contribution in [2.24, 2.45) is 0 Å². The van der Waals surface area contributed by atoms with E-state index < -0.39 is 17.4 Å². The predicted octanol–water partition coefficient (Wildman–Crippen LogP) is 2.81. The van der Waals surface area contributed by atoms with Crippen molar-refractivity contribution in [1.29, 1.82) is 0 Å². The molecule has 0 radical (unpaired) electrons. The quantitative estimate of drug-likeness (QED) is 0.597. The Balaban J connectivity index is 0.000000271. The molecule has 2 aromatic carbocycles. The molecule has 2 rings (SSSR count). The molecule has 5 nitrogen and oxygen atoms in total. The van der Waals surface area contributed by atoms with Gasteiger partial charge >= 0.3 is 17.4 Å². The van der Waals surface area contributed by atoms with Crippen LogP contribution in [0, 0.1) is 0 Å². The summed E-state index contributed by atoms with van der Waals surface area (Å²) in [7, 11) is 0.0912. The zero-order valence-corrected chi connectivity index (χ0v) is 19.2. The van der Waals surface area contributed by atoms with E-state index in [1.54, 1.807) is 21.3 Å². The van der Waals surface area contributed by atoms with Gasteiger partial charge in [-0.2, -0.15) is 0 Å². The Hall–Kier alpha value is -1.33. The van der Waals surface area contributed by atoms with Gasteiger partial charge in [0.05, 0.1) is 0 Å². The van der Waals surface area contributed by atoms with Gasteiger partial charge in [-0.1, -0.05) is 60.7 Å². The Morgan fingerprint density at radius 2 is 1.00 bits per heavy atom. The highest BCUT2D eigenvalue weighted by molar-refractivity contribution is 6.80. The normalized spacial score (nSPS) is 11.6. The lowest BCUT2D eigenvalue weighted by molar-refractivity contribution is 0.140. The van der Waals surface area contributed by atoms with Crippen LogP contribution in [-0.4, -0.2) is 51.9 Å². The largest absolute Gasteiger partial charge is 0.536 e. The molecule has 7 heteroatoms. The first-order valence-electron chi connectivity index (χ1n) is 9.06. The van der Waals surface area contributed by atoms with Crippen molar-refractivity contribution in [3.05, 3.63) is 60.7 Å². The second kappa shape index (κ2) is 12.2. The fourth-order valence-electron chi connectivity index (χ4n) is 2.75. The average molecular weight is 409 g/mol. The Bertz CT molecular complexity index is 607. The Kier molecular flexibility index (Phi) is 10.7. The molecule has 0 aliphatic rings. The summed E-state index contributed by atoms with van der Waals surface area (Å²) >= 11 is 0. The van der Waals surface area contributed by atoms with E-state index >= 15 is 0 Å². The first kappa shape index (κ1) is 23.7. The van der Waals surface area contributed by atoms with Gasteiger partial charge in [-0.15, -0.1) is 0 Å². The first-order chi connectivity index (χ1) is 13.0. The Morgan fingerprint density at radius 1 is 0.630 bits per heavy atom. The van der Waals surface area contributed by atoms with Crippen molar-refractivity contribution >= 4 is 27.7 Å². The Labute approximate surface area is 165 Å². The maximum atomic E-state index is 5.77. The molecule has 0 aliphatic carbocycles. The van der Waals surface area contributed by atoms with Gasteiger partial charge < -0.3 is 22.1 Å². The van der Waals surface area contributed by atoms with Crippen LogP contribution in [0.25, 0.3) is 0 Å². The molecule has 0 saturated heterocycles. The molecule has 0 aromatic heterocycles. The minimum atomic E-state index is -2.59. The predicted molar refractivity (Wildman–Crippen MR) is 114 cm³/mol. The molecule has 0 fully saturated rings. The van der Waals surface area contributed by atoms with E-state index in [2.05, 4.69) is 18.7 Å². The van der Waals surface area contributed by atoms with Crippen molar-refractivity contribution in [2.75, 3.05) is 34.5 Å². The Morgan fingerprint density at radius 3 is 1.33 bits per heavy atom. The van der Waals surface area contributed by atoms with Crippen LogP contribution >= 0.6 is 0 Å². The topological polar surface area (TPSA) is 46.2 Å². The number of hydrogen-bond acceptors (Lipinski definition) is 5. The molecule has 150 valence electrons. The van der Waals surface area contributed by atoms with Gasteiger partial charge in [-0.25, -0.2) is 0 Å². The maximum Gasteiger partial charge on any atom is 0.536 e. The third kappa shape index (κ3) is 6.65. The van der Waals surface area contributed by atoms with E-state index in [4.69, 9.17) is 22.1 Å². The molecular weight excluding hydrogens is 376 g/mol. The van der Waals surface area contributed by atoms with Gasteiger partial charge in [-0.05, 0) is 25.6 Å². The zero-order valence-electron chi connectivity index (χ0n) is 17.2. The SMILES string of the molecule is CCO[Si](C)(OCC)c1ccccc1.CO[Si](OC)(OC)c1ccccc1. The minimum absolute atomic E-state index is 0.706. The highest BCUT2D eigenvalue weighted by Crippen LogP contribution is 2.08. The molecule has 0 bridgehead atoms. The summed E-state index contributed by atoms with van der Waals surface area (Å²) in [5, 5.41) is 2.17. The third-order valence-electron chi connectivity index (χ3n) is 4.07. The summed E-state index contributed by atoms with van der Waals surface area (Å²) in [6.07, 6.45) is 0. The van der Waals surface area contributed by atoms with Crippen LogP contribution in [0.3, 0.4) is 0 Å². The molecule has 0 aliphatic heterocycles. The van der Waals surface area contributed by atoms with Crippen LogP contribution < -0.4 is 10.4 Å². The van der Waals surface area contributed by atoms with Gasteiger partial charge in [0, 0.05) is 39.7 Å².